The topological polar surface area (TPSA) is 55.8 Å². The van der Waals surface area contributed by atoms with E-state index >= 15 is 0 Å². The summed E-state index contributed by atoms with van der Waals surface area (Å²) in [5.74, 6) is 1.14. The number of imidazole rings is 1. The molecule has 0 bridgehead atoms. The lowest BCUT2D eigenvalue weighted by atomic mass is 10.1. The number of aromatic nitrogens is 2. The van der Waals surface area contributed by atoms with E-state index in [-0.39, 0.29) is 11.7 Å². The van der Waals surface area contributed by atoms with Crippen LogP contribution >= 0.6 is 0 Å². The van der Waals surface area contributed by atoms with Crippen molar-refractivity contribution in [1.29, 1.82) is 0 Å². The van der Waals surface area contributed by atoms with Crippen LogP contribution in [0.2, 0.25) is 0 Å². The summed E-state index contributed by atoms with van der Waals surface area (Å²) in [5.41, 5.74) is 6.56. The minimum atomic E-state index is -0.189. The summed E-state index contributed by atoms with van der Waals surface area (Å²) < 4.78 is 8.08. The number of morpholine rings is 1. The van der Waals surface area contributed by atoms with Gasteiger partial charge in [-0.25, -0.2) is 4.98 Å². The number of hydrogen-bond acceptors (Lipinski definition) is 4. The van der Waals surface area contributed by atoms with E-state index in [1.807, 2.05) is 24.5 Å². The Hall–Kier alpha value is -1.59. The number of anilines is 1. The highest BCUT2D eigenvalue weighted by atomic mass is 16.5. The lowest BCUT2D eigenvalue weighted by Gasteiger charge is -2.43. The van der Waals surface area contributed by atoms with Crippen LogP contribution in [0.1, 0.15) is 13.8 Å². The first kappa shape index (κ1) is 12.4. The van der Waals surface area contributed by atoms with Crippen molar-refractivity contribution in [2.75, 3.05) is 24.5 Å². The summed E-state index contributed by atoms with van der Waals surface area (Å²) in [5, 5.41) is 0. The smallest absolute Gasteiger partial charge is 0.138 e. The Balaban J connectivity index is 1.98. The quantitative estimate of drug-likeness (QED) is 0.883. The maximum absolute atomic E-state index is 5.98. The molecule has 5 heteroatoms. The van der Waals surface area contributed by atoms with Crippen molar-refractivity contribution in [3.63, 3.8) is 0 Å². The SMILES string of the molecule is CC1(C)CN(c2cccc3nccn23)CC(CN)O1. The summed E-state index contributed by atoms with van der Waals surface area (Å²) in [6.45, 7) is 6.42. The molecule has 1 saturated heterocycles. The fourth-order valence-electron chi connectivity index (χ4n) is 2.78. The normalized spacial score (nSPS) is 22.9. The van der Waals surface area contributed by atoms with Gasteiger partial charge in [-0.3, -0.25) is 4.40 Å². The molecular weight excluding hydrogens is 240 g/mol. The van der Waals surface area contributed by atoms with Crippen molar-refractivity contribution < 1.29 is 4.74 Å². The van der Waals surface area contributed by atoms with E-state index in [0.29, 0.717) is 6.54 Å². The van der Waals surface area contributed by atoms with Gasteiger partial charge < -0.3 is 15.4 Å². The zero-order valence-electron chi connectivity index (χ0n) is 11.4. The molecule has 0 saturated carbocycles. The highest BCUT2D eigenvalue weighted by molar-refractivity contribution is 5.52. The Morgan fingerprint density at radius 2 is 2.32 bits per heavy atom. The summed E-state index contributed by atoms with van der Waals surface area (Å²) >= 11 is 0. The maximum Gasteiger partial charge on any atom is 0.138 e. The number of pyridine rings is 1. The highest BCUT2D eigenvalue weighted by Crippen LogP contribution is 2.26. The van der Waals surface area contributed by atoms with Gasteiger partial charge in [0.25, 0.3) is 0 Å². The molecular formula is C14H20N4O. The third-order valence-corrected chi connectivity index (χ3v) is 3.48. The van der Waals surface area contributed by atoms with Gasteiger partial charge in [-0.2, -0.15) is 0 Å². The third-order valence-electron chi connectivity index (χ3n) is 3.48. The summed E-state index contributed by atoms with van der Waals surface area (Å²) in [6.07, 6.45) is 3.89. The molecule has 5 nitrogen and oxygen atoms in total. The van der Waals surface area contributed by atoms with Gasteiger partial charge in [-0.15, -0.1) is 0 Å². The van der Waals surface area contributed by atoms with E-state index in [4.69, 9.17) is 10.5 Å². The number of hydrogen-bond donors (Lipinski definition) is 1. The first-order valence-corrected chi connectivity index (χ1v) is 6.64. The minimum Gasteiger partial charge on any atom is -0.367 e. The Labute approximate surface area is 113 Å². The molecule has 0 spiro atoms. The third kappa shape index (κ3) is 2.31. The fraction of sp³-hybridized carbons (Fsp3) is 0.500. The molecule has 1 fully saturated rings. The second-order valence-electron chi connectivity index (χ2n) is 5.66. The largest absolute Gasteiger partial charge is 0.367 e. The van der Waals surface area contributed by atoms with E-state index < -0.39 is 0 Å². The van der Waals surface area contributed by atoms with E-state index in [0.717, 1.165) is 24.6 Å². The number of rotatable bonds is 2. The number of fused-ring (bicyclic) bond motifs is 1. The van der Waals surface area contributed by atoms with Crippen molar-refractivity contribution in [2.45, 2.75) is 25.6 Å². The predicted octanol–water partition coefficient (Wildman–Crippen LogP) is 1.28. The van der Waals surface area contributed by atoms with E-state index in [1.54, 1.807) is 0 Å². The van der Waals surface area contributed by atoms with Gasteiger partial charge in [-0.1, -0.05) is 6.07 Å². The summed E-state index contributed by atoms with van der Waals surface area (Å²) in [7, 11) is 0. The second-order valence-corrected chi connectivity index (χ2v) is 5.66. The maximum atomic E-state index is 5.98. The first-order valence-electron chi connectivity index (χ1n) is 6.64. The minimum absolute atomic E-state index is 0.0718. The monoisotopic (exact) mass is 260 g/mol. The van der Waals surface area contributed by atoms with Gasteiger partial charge in [0, 0.05) is 32.0 Å². The van der Waals surface area contributed by atoms with Crippen LogP contribution in [0.15, 0.2) is 30.6 Å². The number of ether oxygens (including phenoxy) is 1. The van der Waals surface area contributed by atoms with E-state index in [1.165, 1.54) is 0 Å². The first-order chi connectivity index (χ1) is 9.09. The van der Waals surface area contributed by atoms with Crippen LogP contribution in [0.25, 0.3) is 5.65 Å². The van der Waals surface area contributed by atoms with Gasteiger partial charge in [0.2, 0.25) is 0 Å². The van der Waals surface area contributed by atoms with Crippen LogP contribution in [0, 0.1) is 0 Å². The predicted molar refractivity (Wildman–Crippen MR) is 75.4 cm³/mol. The van der Waals surface area contributed by atoms with Crippen molar-refractivity contribution >= 4 is 11.5 Å². The molecule has 0 radical (unpaired) electrons. The van der Waals surface area contributed by atoms with Gasteiger partial charge in [-0.05, 0) is 26.0 Å². The Morgan fingerprint density at radius 1 is 1.47 bits per heavy atom. The van der Waals surface area contributed by atoms with Crippen LogP contribution in [0.5, 0.6) is 0 Å². The molecule has 2 N–H and O–H groups in total. The molecule has 0 amide bonds. The summed E-state index contributed by atoms with van der Waals surface area (Å²) in [4.78, 5) is 6.66. The molecule has 1 atom stereocenters. The van der Waals surface area contributed by atoms with Gasteiger partial charge in [0.1, 0.15) is 11.5 Å². The zero-order chi connectivity index (χ0) is 13.5. The molecule has 1 aliphatic heterocycles. The second kappa shape index (κ2) is 4.51. The Bertz CT molecular complexity index is 578. The average molecular weight is 260 g/mol. The lowest BCUT2D eigenvalue weighted by Crippen LogP contribution is -2.55. The summed E-state index contributed by atoms with van der Waals surface area (Å²) in [6, 6.07) is 6.16. The van der Waals surface area contributed by atoms with Crippen molar-refractivity contribution in [2.24, 2.45) is 5.73 Å². The zero-order valence-corrected chi connectivity index (χ0v) is 11.4. The standard InChI is InChI=1S/C14H20N4O/c1-14(2)10-17(9-11(8-15)19-14)13-5-3-4-12-16-6-7-18(12)13/h3-7,11H,8-10,15H2,1-2H3. The van der Waals surface area contributed by atoms with Crippen LogP contribution in [0.4, 0.5) is 5.82 Å². The van der Waals surface area contributed by atoms with Crippen molar-refractivity contribution in [1.82, 2.24) is 9.38 Å². The van der Waals surface area contributed by atoms with Gasteiger partial charge in [0.05, 0.1) is 11.7 Å². The Kier molecular flexibility index (Phi) is 2.95. The molecule has 3 rings (SSSR count). The molecule has 0 aliphatic carbocycles. The van der Waals surface area contributed by atoms with Crippen LogP contribution < -0.4 is 10.6 Å². The molecule has 1 unspecified atom stereocenters. The average Bonchev–Trinajstić information content (AvgIpc) is 2.84. The van der Waals surface area contributed by atoms with Crippen molar-refractivity contribution in [3.05, 3.63) is 30.6 Å². The van der Waals surface area contributed by atoms with E-state index in [2.05, 4.69) is 34.2 Å². The van der Waals surface area contributed by atoms with Crippen LogP contribution in [-0.4, -0.2) is 40.7 Å². The van der Waals surface area contributed by atoms with Crippen molar-refractivity contribution in [3.8, 4) is 0 Å². The number of nitrogens with two attached hydrogens (primary N) is 1. The highest BCUT2D eigenvalue weighted by Gasteiger charge is 2.33. The lowest BCUT2D eigenvalue weighted by molar-refractivity contribution is -0.0790. The molecule has 19 heavy (non-hydrogen) atoms. The molecule has 2 aromatic rings. The Morgan fingerprint density at radius 3 is 3.11 bits per heavy atom. The van der Waals surface area contributed by atoms with Crippen LogP contribution in [-0.2, 0) is 4.74 Å². The molecule has 0 aromatic carbocycles. The van der Waals surface area contributed by atoms with Crippen LogP contribution in [0.3, 0.4) is 0 Å². The fourth-order valence-corrected chi connectivity index (χ4v) is 2.78. The molecule has 3 heterocycles. The van der Waals surface area contributed by atoms with Gasteiger partial charge >= 0.3 is 0 Å². The molecule has 102 valence electrons. The van der Waals surface area contributed by atoms with E-state index in [9.17, 15) is 0 Å². The molecule has 2 aromatic heterocycles. The van der Waals surface area contributed by atoms with Gasteiger partial charge in [0.15, 0.2) is 0 Å². The molecule has 1 aliphatic rings. The number of nitrogens with zero attached hydrogens (tertiary/aromatic N) is 3.